The Hall–Kier alpha value is -3.13. The van der Waals surface area contributed by atoms with Crippen LogP contribution >= 0.6 is 11.6 Å². The van der Waals surface area contributed by atoms with Crippen molar-refractivity contribution >= 4 is 23.0 Å². The van der Waals surface area contributed by atoms with E-state index in [0.717, 1.165) is 35.4 Å². The third kappa shape index (κ3) is 2.59. The number of aromatic amines is 1. The van der Waals surface area contributed by atoms with Crippen molar-refractivity contribution in [3.8, 4) is 0 Å². The van der Waals surface area contributed by atoms with Gasteiger partial charge in [0.25, 0.3) is 5.91 Å². The highest BCUT2D eigenvalue weighted by Gasteiger charge is 2.40. The molecule has 29 heavy (non-hydrogen) atoms. The van der Waals surface area contributed by atoms with E-state index < -0.39 is 6.04 Å². The predicted octanol–water partition coefficient (Wildman–Crippen LogP) is 3.36. The molecule has 6 rings (SSSR count). The van der Waals surface area contributed by atoms with Gasteiger partial charge in [0.15, 0.2) is 6.39 Å². The van der Waals surface area contributed by atoms with Crippen LogP contribution in [0.5, 0.6) is 0 Å². The first-order chi connectivity index (χ1) is 14.2. The first kappa shape index (κ1) is 16.8. The van der Waals surface area contributed by atoms with Crippen molar-refractivity contribution < 1.29 is 9.21 Å². The average molecular weight is 409 g/mol. The summed E-state index contributed by atoms with van der Waals surface area (Å²) in [5.41, 5.74) is 4.16. The summed E-state index contributed by atoms with van der Waals surface area (Å²) in [6.45, 7) is 0.533. The molecule has 0 bridgehead atoms. The lowest BCUT2D eigenvalue weighted by atomic mass is 9.99. The molecule has 8 nitrogen and oxygen atoms in total. The van der Waals surface area contributed by atoms with Crippen molar-refractivity contribution in [2.45, 2.75) is 31.2 Å². The Morgan fingerprint density at radius 1 is 1.24 bits per heavy atom. The van der Waals surface area contributed by atoms with Crippen molar-refractivity contribution in [3.63, 3.8) is 0 Å². The van der Waals surface area contributed by atoms with Crippen molar-refractivity contribution in [1.29, 1.82) is 0 Å². The van der Waals surface area contributed by atoms with Gasteiger partial charge in [-0.3, -0.25) is 4.79 Å². The van der Waals surface area contributed by atoms with Crippen molar-refractivity contribution in [3.05, 3.63) is 70.7 Å². The lowest BCUT2D eigenvalue weighted by Crippen LogP contribution is -2.41. The number of halogens is 1. The third-order valence-electron chi connectivity index (χ3n) is 5.68. The fraction of sp³-hybridized carbons (Fsp3) is 0.300. The molecule has 1 fully saturated rings. The summed E-state index contributed by atoms with van der Waals surface area (Å²) in [4.78, 5) is 27.3. The Bertz CT molecular complexity index is 1240. The zero-order valence-corrected chi connectivity index (χ0v) is 16.1. The number of oxazole rings is 1. The van der Waals surface area contributed by atoms with E-state index in [-0.39, 0.29) is 5.91 Å². The maximum atomic E-state index is 13.5. The largest absolute Gasteiger partial charge is 0.438 e. The minimum Gasteiger partial charge on any atom is -0.438 e. The fourth-order valence-electron chi connectivity index (χ4n) is 4.12. The maximum absolute atomic E-state index is 13.5. The quantitative estimate of drug-likeness (QED) is 0.525. The first-order valence-corrected chi connectivity index (χ1v) is 9.99. The van der Waals surface area contributed by atoms with Gasteiger partial charge >= 0.3 is 0 Å². The summed E-state index contributed by atoms with van der Waals surface area (Å²) in [5, 5.41) is 5.20. The van der Waals surface area contributed by atoms with Gasteiger partial charge in [-0.15, -0.1) is 0 Å². The minimum absolute atomic E-state index is 0.175. The van der Waals surface area contributed by atoms with Crippen LogP contribution in [-0.4, -0.2) is 41.9 Å². The van der Waals surface area contributed by atoms with Crippen LogP contribution < -0.4 is 0 Å². The van der Waals surface area contributed by atoms with E-state index in [1.54, 1.807) is 21.8 Å². The monoisotopic (exact) mass is 408 g/mol. The second-order valence-electron chi connectivity index (χ2n) is 7.51. The van der Waals surface area contributed by atoms with E-state index in [4.69, 9.17) is 16.0 Å². The van der Waals surface area contributed by atoms with Crippen LogP contribution in [-0.2, 0) is 6.42 Å². The average Bonchev–Trinajstić information content (AvgIpc) is 3.13. The number of pyridine rings is 1. The second kappa shape index (κ2) is 6.18. The van der Waals surface area contributed by atoms with Gasteiger partial charge in [-0.1, -0.05) is 17.7 Å². The standard InChI is InChI=1S/C20H17ClN6O2/c21-15-3-1-2-12-8-14(25-27(12)15)18-17-13(22-9-23-17)6-7-26(18)20(28)19-16(11-4-5-11)24-10-29-19/h1-3,8-11,18H,4-7H2,(H,22,23)/t18-/m0/s1. The number of nitrogens with one attached hydrogen (secondary N) is 1. The molecule has 1 N–H and O–H groups in total. The maximum Gasteiger partial charge on any atom is 0.292 e. The minimum atomic E-state index is -0.425. The third-order valence-corrected chi connectivity index (χ3v) is 5.96. The van der Waals surface area contributed by atoms with E-state index in [9.17, 15) is 4.79 Å². The predicted molar refractivity (Wildman–Crippen MR) is 104 cm³/mol. The Kier molecular flexibility index (Phi) is 3.58. The highest BCUT2D eigenvalue weighted by Crippen LogP contribution is 2.42. The van der Waals surface area contributed by atoms with Gasteiger partial charge in [-0.25, -0.2) is 14.5 Å². The van der Waals surface area contributed by atoms with Crippen molar-refractivity contribution in [1.82, 2.24) is 29.5 Å². The van der Waals surface area contributed by atoms with E-state index >= 15 is 0 Å². The zero-order chi connectivity index (χ0) is 19.5. The van der Waals surface area contributed by atoms with Crippen LogP contribution in [0.15, 0.2) is 41.4 Å². The molecule has 0 spiro atoms. The topological polar surface area (TPSA) is 92.3 Å². The van der Waals surface area contributed by atoms with Crippen molar-refractivity contribution in [2.75, 3.05) is 6.54 Å². The highest BCUT2D eigenvalue weighted by molar-refractivity contribution is 6.29. The number of rotatable bonds is 3. The summed E-state index contributed by atoms with van der Waals surface area (Å²) >= 11 is 6.31. The molecule has 4 aromatic heterocycles. The molecule has 2 aliphatic rings. The zero-order valence-electron chi connectivity index (χ0n) is 15.4. The van der Waals surface area contributed by atoms with Gasteiger partial charge in [0.2, 0.25) is 5.76 Å². The molecule has 1 aliphatic carbocycles. The number of imidazole rings is 1. The number of carbonyl (C=O) groups is 1. The second-order valence-corrected chi connectivity index (χ2v) is 7.90. The van der Waals surface area contributed by atoms with Gasteiger partial charge in [0.05, 0.1) is 28.9 Å². The lowest BCUT2D eigenvalue weighted by molar-refractivity contribution is 0.0652. The Morgan fingerprint density at radius 2 is 2.14 bits per heavy atom. The van der Waals surface area contributed by atoms with E-state index in [0.29, 0.717) is 35.5 Å². The Balaban J connectivity index is 1.47. The van der Waals surface area contributed by atoms with Gasteiger partial charge in [0, 0.05) is 24.6 Å². The summed E-state index contributed by atoms with van der Waals surface area (Å²) in [7, 11) is 0. The van der Waals surface area contributed by atoms with Gasteiger partial charge < -0.3 is 14.3 Å². The normalized spacial score (nSPS) is 18.9. The highest BCUT2D eigenvalue weighted by atomic mass is 35.5. The van der Waals surface area contributed by atoms with Crippen LogP contribution in [0.25, 0.3) is 5.52 Å². The van der Waals surface area contributed by atoms with Gasteiger partial charge in [-0.05, 0) is 31.0 Å². The number of nitrogens with zero attached hydrogens (tertiary/aromatic N) is 5. The summed E-state index contributed by atoms with van der Waals surface area (Å²) in [5.74, 6) is 0.482. The fourth-order valence-corrected chi connectivity index (χ4v) is 4.33. The van der Waals surface area contributed by atoms with Gasteiger partial charge in [-0.2, -0.15) is 5.10 Å². The van der Waals surface area contributed by atoms with Crippen LogP contribution in [0.2, 0.25) is 5.15 Å². The van der Waals surface area contributed by atoms with Crippen LogP contribution in [0.3, 0.4) is 0 Å². The first-order valence-electron chi connectivity index (χ1n) is 9.61. The number of fused-ring (bicyclic) bond motifs is 2. The lowest BCUT2D eigenvalue weighted by Gasteiger charge is -2.33. The smallest absolute Gasteiger partial charge is 0.292 e. The molecule has 5 heterocycles. The number of hydrogen-bond acceptors (Lipinski definition) is 5. The van der Waals surface area contributed by atoms with Crippen LogP contribution in [0.4, 0.5) is 0 Å². The molecule has 9 heteroatoms. The summed E-state index contributed by atoms with van der Waals surface area (Å²) in [6.07, 6.45) is 5.82. The number of amides is 1. The Labute approximate surface area is 170 Å². The molecule has 0 saturated heterocycles. The molecule has 0 aromatic carbocycles. The summed E-state index contributed by atoms with van der Waals surface area (Å²) in [6, 6.07) is 7.12. The molecule has 1 aliphatic heterocycles. The number of hydrogen-bond donors (Lipinski definition) is 1. The molecule has 0 unspecified atom stereocenters. The molecule has 1 atom stereocenters. The molecule has 4 aromatic rings. The molecule has 146 valence electrons. The molecule has 1 amide bonds. The van der Waals surface area contributed by atoms with E-state index in [2.05, 4.69) is 20.1 Å². The SMILES string of the molecule is O=C(c1ocnc1C1CC1)N1CCc2[nH]cnc2[C@@H]1c1cc2cccc(Cl)n2n1. The molecule has 1 saturated carbocycles. The van der Waals surface area contributed by atoms with E-state index in [1.807, 2.05) is 18.2 Å². The van der Waals surface area contributed by atoms with E-state index in [1.165, 1.54) is 6.39 Å². The van der Waals surface area contributed by atoms with Crippen molar-refractivity contribution in [2.24, 2.45) is 0 Å². The van der Waals surface area contributed by atoms with Gasteiger partial charge in [0.1, 0.15) is 11.2 Å². The molecular weight excluding hydrogens is 392 g/mol. The van der Waals surface area contributed by atoms with Crippen LogP contribution in [0, 0.1) is 0 Å². The Morgan fingerprint density at radius 3 is 2.97 bits per heavy atom. The number of aromatic nitrogens is 5. The molecule has 0 radical (unpaired) electrons. The number of carbonyl (C=O) groups excluding carboxylic acids is 1. The summed E-state index contributed by atoms with van der Waals surface area (Å²) < 4.78 is 7.21. The number of H-pyrrole nitrogens is 1. The molecular formula is C20H17ClN6O2. The van der Waals surface area contributed by atoms with Crippen LogP contribution in [0.1, 0.15) is 58.1 Å².